The van der Waals surface area contributed by atoms with E-state index in [1.807, 2.05) is 24.3 Å². The Balaban J connectivity index is 2.07. The predicted octanol–water partition coefficient (Wildman–Crippen LogP) is 2.26. The summed E-state index contributed by atoms with van der Waals surface area (Å²) in [6.45, 7) is 0. The van der Waals surface area contributed by atoms with E-state index in [0.29, 0.717) is 0 Å². The van der Waals surface area contributed by atoms with Crippen LogP contribution in [0.1, 0.15) is 30.9 Å². The molecule has 3 heteroatoms. The Labute approximate surface area is 89.6 Å². The second-order valence-electron chi connectivity index (χ2n) is 3.78. The molecule has 0 amide bonds. The zero-order valence-electron chi connectivity index (χ0n) is 8.85. The summed E-state index contributed by atoms with van der Waals surface area (Å²) in [7, 11) is 1.65. The number of ether oxygens (including phenoxy) is 2. The SMILES string of the molecule is COc1ccc(C2CCCC(O)O2)cc1. The van der Waals surface area contributed by atoms with Crippen molar-refractivity contribution in [3.63, 3.8) is 0 Å². The summed E-state index contributed by atoms with van der Waals surface area (Å²) in [5.74, 6) is 0.843. The van der Waals surface area contributed by atoms with Crippen molar-refractivity contribution in [2.75, 3.05) is 7.11 Å². The summed E-state index contributed by atoms with van der Waals surface area (Å²) in [5.41, 5.74) is 1.11. The Morgan fingerprint density at radius 1 is 1.27 bits per heavy atom. The van der Waals surface area contributed by atoms with Gasteiger partial charge in [0.2, 0.25) is 0 Å². The fourth-order valence-electron chi connectivity index (χ4n) is 1.87. The third-order valence-corrected chi connectivity index (χ3v) is 2.73. The van der Waals surface area contributed by atoms with Gasteiger partial charge in [0.05, 0.1) is 13.2 Å². The van der Waals surface area contributed by atoms with Crippen LogP contribution in [0, 0.1) is 0 Å². The normalized spacial score (nSPS) is 26.3. The molecule has 2 atom stereocenters. The monoisotopic (exact) mass is 208 g/mol. The van der Waals surface area contributed by atoms with Gasteiger partial charge in [0.1, 0.15) is 5.75 Å². The Morgan fingerprint density at radius 3 is 2.60 bits per heavy atom. The minimum atomic E-state index is -0.606. The zero-order valence-corrected chi connectivity index (χ0v) is 8.85. The van der Waals surface area contributed by atoms with E-state index < -0.39 is 6.29 Å². The van der Waals surface area contributed by atoms with Crippen LogP contribution in [0.2, 0.25) is 0 Å². The molecular formula is C12H16O3. The van der Waals surface area contributed by atoms with Crippen LogP contribution in [0.25, 0.3) is 0 Å². The van der Waals surface area contributed by atoms with Gasteiger partial charge in [0, 0.05) is 0 Å². The van der Waals surface area contributed by atoms with Gasteiger partial charge in [0.25, 0.3) is 0 Å². The molecular weight excluding hydrogens is 192 g/mol. The van der Waals surface area contributed by atoms with Gasteiger partial charge >= 0.3 is 0 Å². The van der Waals surface area contributed by atoms with Crippen molar-refractivity contribution in [3.8, 4) is 5.75 Å². The maximum Gasteiger partial charge on any atom is 0.155 e. The van der Waals surface area contributed by atoms with Gasteiger partial charge in [-0.25, -0.2) is 0 Å². The molecule has 1 saturated heterocycles. The number of aliphatic hydroxyl groups is 1. The van der Waals surface area contributed by atoms with Gasteiger partial charge in [-0.05, 0) is 37.0 Å². The van der Waals surface area contributed by atoms with E-state index >= 15 is 0 Å². The first-order chi connectivity index (χ1) is 7.29. The predicted molar refractivity (Wildman–Crippen MR) is 56.7 cm³/mol. The second kappa shape index (κ2) is 4.64. The highest BCUT2D eigenvalue weighted by Gasteiger charge is 2.21. The molecule has 82 valence electrons. The van der Waals surface area contributed by atoms with Crippen LogP contribution in [0.3, 0.4) is 0 Å². The van der Waals surface area contributed by atoms with Gasteiger partial charge in [-0.3, -0.25) is 0 Å². The van der Waals surface area contributed by atoms with E-state index in [2.05, 4.69) is 0 Å². The van der Waals surface area contributed by atoms with Crippen LogP contribution in [0.4, 0.5) is 0 Å². The molecule has 1 fully saturated rings. The van der Waals surface area contributed by atoms with Crippen molar-refractivity contribution < 1.29 is 14.6 Å². The minimum absolute atomic E-state index is 0.0275. The van der Waals surface area contributed by atoms with E-state index in [9.17, 15) is 5.11 Å². The van der Waals surface area contributed by atoms with Crippen LogP contribution in [-0.2, 0) is 4.74 Å². The number of benzene rings is 1. The standard InChI is InChI=1S/C12H16O3/c1-14-10-7-5-9(6-8-10)11-3-2-4-12(13)15-11/h5-8,11-13H,2-4H2,1H3. The average Bonchev–Trinajstić information content (AvgIpc) is 2.29. The molecule has 2 unspecified atom stereocenters. The summed E-state index contributed by atoms with van der Waals surface area (Å²) in [6, 6.07) is 7.81. The van der Waals surface area contributed by atoms with E-state index in [0.717, 1.165) is 30.6 Å². The molecule has 0 aliphatic carbocycles. The van der Waals surface area contributed by atoms with Crippen LogP contribution >= 0.6 is 0 Å². The van der Waals surface area contributed by atoms with Crippen LogP contribution in [0.15, 0.2) is 24.3 Å². The smallest absolute Gasteiger partial charge is 0.155 e. The Bertz CT molecular complexity index is 307. The zero-order chi connectivity index (χ0) is 10.7. The third kappa shape index (κ3) is 2.49. The van der Waals surface area contributed by atoms with Gasteiger partial charge in [-0.2, -0.15) is 0 Å². The molecule has 0 spiro atoms. The van der Waals surface area contributed by atoms with Crippen molar-refractivity contribution in [2.45, 2.75) is 31.7 Å². The van der Waals surface area contributed by atoms with Gasteiger partial charge < -0.3 is 14.6 Å². The molecule has 0 bridgehead atoms. The first kappa shape index (κ1) is 10.5. The topological polar surface area (TPSA) is 38.7 Å². The fraction of sp³-hybridized carbons (Fsp3) is 0.500. The Kier molecular flexibility index (Phi) is 3.23. The molecule has 1 heterocycles. The molecule has 1 aromatic rings. The van der Waals surface area contributed by atoms with E-state index in [-0.39, 0.29) is 6.10 Å². The largest absolute Gasteiger partial charge is 0.497 e. The summed E-state index contributed by atoms with van der Waals surface area (Å²) in [5, 5.41) is 9.39. The maximum absolute atomic E-state index is 9.39. The van der Waals surface area contributed by atoms with Crippen LogP contribution < -0.4 is 4.74 Å². The number of hydrogen-bond donors (Lipinski definition) is 1. The van der Waals surface area contributed by atoms with Crippen molar-refractivity contribution in [1.82, 2.24) is 0 Å². The summed E-state index contributed by atoms with van der Waals surface area (Å²) >= 11 is 0. The fourth-order valence-corrected chi connectivity index (χ4v) is 1.87. The number of hydrogen-bond acceptors (Lipinski definition) is 3. The first-order valence-electron chi connectivity index (χ1n) is 5.27. The Morgan fingerprint density at radius 2 is 2.00 bits per heavy atom. The molecule has 0 saturated carbocycles. The quantitative estimate of drug-likeness (QED) is 0.810. The summed E-state index contributed by atoms with van der Waals surface area (Å²) in [6.07, 6.45) is 2.15. The highest BCUT2D eigenvalue weighted by atomic mass is 16.6. The summed E-state index contributed by atoms with van der Waals surface area (Å²) < 4.78 is 10.5. The van der Waals surface area contributed by atoms with Crippen LogP contribution in [0.5, 0.6) is 5.75 Å². The lowest BCUT2D eigenvalue weighted by Gasteiger charge is -2.27. The minimum Gasteiger partial charge on any atom is -0.497 e. The lowest BCUT2D eigenvalue weighted by Crippen LogP contribution is -2.21. The molecule has 1 N–H and O–H groups in total. The second-order valence-corrected chi connectivity index (χ2v) is 3.78. The molecule has 2 rings (SSSR count). The van der Waals surface area contributed by atoms with E-state index in [1.165, 1.54) is 0 Å². The third-order valence-electron chi connectivity index (χ3n) is 2.73. The van der Waals surface area contributed by atoms with E-state index in [4.69, 9.17) is 9.47 Å². The number of methoxy groups -OCH3 is 1. The lowest BCUT2D eigenvalue weighted by atomic mass is 10.0. The van der Waals surface area contributed by atoms with Gasteiger partial charge in [0.15, 0.2) is 6.29 Å². The van der Waals surface area contributed by atoms with E-state index in [1.54, 1.807) is 7.11 Å². The Hall–Kier alpha value is -1.06. The van der Waals surface area contributed by atoms with Crippen molar-refractivity contribution in [1.29, 1.82) is 0 Å². The first-order valence-corrected chi connectivity index (χ1v) is 5.27. The molecule has 0 aromatic heterocycles. The van der Waals surface area contributed by atoms with Crippen molar-refractivity contribution in [3.05, 3.63) is 29.8 Å². The average molecular weight is 208 g/mol. The van der Waals surface area contributed by atoms with Crippen molar-refractivity contribution in [2.24, 2.45) is 0 Å². The molecule has 1 aliphatic rings. The summed E-state index contributed by atoms with van der Waals surface area (Å²) in [4.78, 5) is 0. The van der Waals surface area contributed by atoms with Crippen molar-refractivity contribution >= 4 is 0 Å². The molecule has 1 aromatic carbocycles. The van der Waals surface area contributed by atoms with Crippen LogP contribution in [-0.4, -0.2) is 18.5 Å². The molecule has 0 radical (unpaired) electrons. The molecule has 1 aliphatic heterocycles. The highest BCUT2D eigenvalue weighted by molar-refractivity contribution is 5.28. The number of aliphatic hydroxyl groups excluding tert-OH is 1. The molecule has 3 nitrogen and oxygen atoms in total. The highest BCUT2D eigenvalue weighted by Crippen LogP contribution is 2.30. The van der Waals surface area contributed by atoms with Gasteiger partial charge in [-0.1, -0.05) is 12.1 Å². The maximum atomic E-state index is 9.39. The lowest BCUT2D eigenvalue weighted by molar-refractivity contribution is -0.164. The number of rotatable bonds is 2. The molecule has 15 heavy (non-hydrogen) atoms. The van der Waals surface area contributed by atoms with Gasteiger partial charge in [-0.15, -0.1) is 0 Å².